The van der Waals surface area contributed by atoms with Gasteiger partial charge in [0.1, 0.15) is 18.1 Å². The van der Waals surface area contributed by atoms with E-state index in [4.69, 9.17) is 21.1 Å². The van der Waals surface area contributed by atoms with E-state index < -0.39 is 0 Å². The van der Waals surface area contributed by atoms with Crippen molar-refractivity contribution in [2.75, 3.05) is 7.11 Å². The molecule has 3 rings (SSSR count). The molecule has 3 aromatic carbocycles. The summed E-state index contributed by atoms with van der Waals surface area (Å²) < 4.78 is 12.6. The summed E-state index contributed by atoms with van der Waals surface area (Å²) in [6.07, 6.45) is -0.179. The van der Waals surface area contributed by atoms with E-state index in [0.717, 1.165) is 26.7 Å². The van der Waals surface area contributed by atoms with Crippen LogP contribution in [0.1, 0.15) is 25.0 Å². The maximum Gasteiger partial charge on any atom is 0.218 e. The van der Waals surface area contributed by atoms with Gasteiger partial charge < -0.3 is 14.8 Å². The first kappa shape index (κ1) is 24.1. The van der Waals surface area contributed by atoms with Gasteiger partial charge in [-0.25, -0.2) is 0 Å². The van der Waals surface area contributed by atoms with E-state index in [1.165, 1.54) is 6.92 Å². The Morgan fingerprint density at radius 2 is 1.81 bits per heavy atom. The van der Waals surface area contributed by atoms with Crippen molar-refractivity contribution in [3.05, 3.63) is 81.3 Å². The first-order valence-electron chi connectivity index (χ1n) is 10.2. The Labute approximate surface area is 202 Å². The minimum atomic E-state index is -0.179. The Balaban J connectivity index is 1.74. The molecule has 0 fully saturated rings. The molecule has 0 saturated heterocycles. The SMILES string of the molecule is COc1cc(OCc2cccc(-c3ccccc3)c2Br)c(Cl)cc1CNC(C)NC(C)=O. The summed E-state index contributed by atoms with van der Waals surface area (Å²) in [5.41, 5.74) is 4.11. The maximum atomic E-state index is 11.2. The molecule has 0 bridgehead atoms. The van der Waals surface area contributed by atoms with Crippen molar-refractivity contribution in [1.82, 2.24) is 10.6 Å². The second-order valence-corrected chi connectivity index (χ2v) is 8.53. The highest BCUT2D eigenvalue weighted by Crippen LogP contribution is 2.35. The fourth-order valence-corrected chi connectivity index (χ4v) is 4.17. The van der Waals surface area contributed by atoms with Gasteiger partial charge in [0.15, 0.2) is 0 Å². The van der Waals surface area contributed by atoms with Crippen LogP contribution in [0.3, 0.4) is 0 Å². The molecule has 5 nitrogen and oxygen atoms in total. The summed E-state index contributed by atoms with van der Waals surface area (Å²) >= 11 is 10.2. The zero-order chi connectivity index (χ0) is 23.1. The Morgan fingerprint density at radius 1 is 1.06 bits per heavy atom. The van der Waals surface area contributed by atoms with E-state index in [2.05, 4.69) is 44.8 Å². The van der Waals surface area contributed by atoms with Crippen LogP contribution in [0, 0.1) is 0 Å². The normalized spacial score (nSPS) is 11.7. The average Bonchev–Trinajstić information content (AvgIpc) is 2.78. The molecule has 0 aromatic heterocycles. The van der Waals surface area contributed by atoms with Crippen molar-refractivity contribution in [3.63, 3.8) is 0 Å². The van der Waals surface area contributed by atoms with Crippen LogP contribution in [0.4, 0.5) is 0 Å². The summed E-state index contributed by atoms with van der Waals surface area (Å²) in [7, 11) is 1.60. The van der Waals surface area contributed by atoms with Crippen LogP contribution < -0.4 is 20.1 Å². The number of carbonyl (C=O) groups excluding carboxylic acids is 1. The molecule has 0 heterocycles. The zero-order valence-corrected chi connectivity index (χ0v) is 20.6. The summed E-state index contributed by atoms with van der Waals surface area (Å²) in [5.74, 6) is 1.10. The predicted molar refractivity (Wildman–Crippen MR) is 132 cm³/mol. The Hall–Kier alpha value is -2.54. The van der Waals surface area contributed by atoms with Gasteiger partial charge in [-0.3, -0.25) is 10.1 Å². The number of ether oxygens (including phenoxy) is 2. The van der Waals surface area contributed by atoms with Gasteiger partial charge in [0.05, 0.1) is 18.3 Å². The van der Waals surface area contributed by atoms with Crippen LogP contribution >= 0.6 is 27.5 Å². The summed E-state index contributed by atoms with van der Waals surface area (Å²) in [6, 6.07) is 19.9. The van der Waals surface area contributed by atoms with E-state index in [1.807, 2.05) is 43.3 Å². The van der Waals surface area contributed by atoms with Gasteiger partial charge in [0, 0.05) is 35.1 Å². The van der Waals surface area contributed by atoms with Gasteiger partial charge in [-0.15, -0.1) is 0 Å². The molecule has 0 spiro atoms. The van der Waals surface area contributed by atoms with Crippen LogP contribution in [0.15, 0.2) is 65.1 Å². The lowest BCUT2D eigenvalue weighted by molar-refractivity contribution is -0.119. The maximum absolute atomic E-state index is 11.2. The first-order valence-corrected chi connectivity index (χ1v) is 11.4. The molecule has 0 aliphatic carbocycles. The molecule has 7 heteroatoms. The minimum absolute atomic E-state index is 0.0961. The van der Waals surface area contributed by atoms with Crippen molar-refractivity contribution in [1.29, 1.82) is 0 Å². The van der Waals surface area contributed by atoms with E-state index in [0.29, 0.717) is 29.7 Å². The standard InChI is InChI=1S/C25H26BrClN2O3/c1-16(29-17(2)30)28-14-20-12-22(27)24(13-23(20)31-3)32-15-19-10-7-11-21(25(19)26)18-8-5-4-6-9-18/h4-13,16,28H,14-15H2,1-3H3,(H,29,30). The average molecular weight is 518 g/mol. The largest absolute Gasteiger partial charge is 0.496 e. The third kappa shape index (κ3) is 6.25. The Morgan fingerprint density at radius 3 is 2.50 bits per heavy atom. The van der Waals surface area contributed by atoms with Crippen molar-refractivity contribution >= 4 is 33.4 Å². The molecule has 3 aromatic rings. The van der Waals surface area contributed by atoms with Gasteiger partial charge in [-0.05, 0) is 40.0 Å². The number of benzene rings is 3. The molecular formula is C25H26BrClN2O3. The molecule has 0 saturated carbocycles. The monoisotopic (exact) mass is 516 g/mol. The summed E-state index contributed by atoms with van der Waals surface area (Å²) in [5, 5.41) is 6.50. The number of hydrogen-bond donors (Lipinski definition) is 2. The van der Waals surface area contributed by atoms with E-state index >= 15 is 0 Å². The van der Waals surface area contributed by atoms with Gasteiger partial charge >= 0.3 is 0 Å². The molecule has 1 unspecified atom stereocenters. The molecule has 1 atom stereocenters. The smallest absolute Gasteiger partial charge is 0.218 e. The molecule has 0 aliphatic heterocycles. The fraction of sp³-hybridized carbons (Fsp3) is 0.240. The van der Waals surface area contributed by atoms with Crippen molar-refractivity contribution < 1.29 is 14.3 Å². The highest BCUT2D eigenvalue weighted by molar-refractivity contribution is 9.10. The number of nitrogens with one attached hydrogen (secondary N) is 2. The molecule has 168 valence electrons. The van der Waals surface area contributed by atoms with Gasteiger partial charge in [-0.2, -0.15) is 0 Å². The molecule has 1 amide bonds. The molecule has 0 aliphatic rings. The quantitative estimate of drug-likeness (QED) is 0.346. The molecule has 2 N–H and O–H groups in total. The summed E-state index contributed by atoms with van der Waals surface area (Å²) in [6.45, 7) is 4.18. The first-order chi connectivity index (χ1) is 15.4. The van der Waals surface area contributed by atoms with E-state index in [-0.39, 0.29) is 12.1 Å². The van der Waals surface area contributed by atoms with Crippen LogP contribution in [0.5, 0.6) is 11.5 Å². The number of halogens is 2. The van der Waals surface area contributed by atoms with Gasteiger partial charge in [0.2, 0.25) is 5.91 Å². The van der Waals surface area contributed by atoms with Crippen LogP contribution in [-0.2, 0) is 17.9 Å². The highest BCUT2D eigenvalue weighted by atomic mass is 79.9. The lowest BCUT2D eigenvalue weighted by Gasteiger charge is -2.18. The van der Waals surface area contributed by atoms with Crippen molar-refractivity contribution in [2.45, 2.75) is 33.2 Å². The highest BCUT2D eigenvalue weighted by Gasteiger charge is 2.14. The van der Waals surface area contributed by atoms with Crippen LogP contribution in [0.2, 0.25) is 5.02 Å². The van der Waals surface area contributed by atoms with Crippen molar-refractivity contribution in [2.24, 2.45) is 0 Å². The molecule has 32 heavy (non-hydrogen) atoms. The van der Waals surface area contributed by atoms with Crippen LogP contribution in [0.25, 0.3) is 11.1 Å². The van der Waals surface area contributed by atoms with E-state index in [9.17, 15) is 4.79 Å². The number of methoxy groups -OCH3 is 1. The second kappa shape index (κ2) is 11.4. The number of carbonyl (C=O) groups is 1. The minimum Gasteiger partial charge on any atom is -0.496 e. The van der Waals surface area contributed by atoms with E-state index in [1.54, 1.807) is 13.2 Å². The Bertz CT molecular complexity index is 1080. The predicted octanol–water partition coefficient (Wildman–Crippen LogP) is 5.93. The second-order valence-electron chi connectivity index (χ2n) is 7.33. The van der Waals surface area contributed by atoms with Gasteiger partial charge in [-0.1, -0.05) is 60.1 Å². The number of amides is 1. The van der Waals surface area contributed by atoms with Gasteiger partial charge in [0.25, 0.3) is 0 Å². The number of hydrogen-bond acceptors (Lipinski definition) is 4. The Kier molecular flexibility index (Phi) is 8.56. The number of rotatable bonds is 9. The summed E-state index contributed by atoms with van der Waals surface area (Å²) in [4.78, 5) is 11.2. The molecular weight excluding hydrogens is 492 g/mol. The third-order valence-electron chi connectivity index (χ3n) is 4.90. The molecule has 0 radical (unpaired) electrons. The van der Waals surface area contributed by atoms with Crippen LogP contribution in [-0.4, -0.2) is 19.2 Å². The fourth-order valence-electron chi connectivity index (χ4n) is 3.32. The lowest BCUT2D eigenvalue weighted by Crippen LogP contribution is -2.41. The zero-order valence-electron chi connectivity index (χ0n) is 18.2. The van der Waals surface area contributed by atoms with Crippen molar-refractivity contribution in [3.8, 4) is 22.6 Å². The topological polar surface area (TPSA) is 59.6 Å². The third-order valence-corrected chi connectivity index (χ3v) is 6.13. The lowest BCUT2D eigenvalue weighted by atomic mass is 10.0.